The molecule has 0 saturated heterocycles. The van der Waals surface area contributed by atoms with E-state index in [2.05, 4.69) is 54.6 Å². The number of benzene rings is 1. The highest BCUT2D eigenvalue weighted by molar-refractivity contribution is 5.41. The number of rotatable bonds is 2. The van der Waals surface area contributed by atoms with Gasteiger partial charge in [0.1, 0.15) is 0 Å². The van der Waals surface area contributed by atoms with Crippen LogP contribution in [0.25, 0.3) is 0 Å². The SMILES string of the molecule is CCc1cncn1[C@@H]1CC(C)(C)c2ccccc21. The van der Waals surface area contributed by atoms with Gasteiger partial charge in [-0.2, -0.15) is 0 Å². The van der Waals surface area contributed by atoms with Crippen molar-refractivity contribution in [3.8, 4) is 0 Å². The first-order valence-electron chi connectivity index (χ1n) is 6.73. The average Bonchev–Trinajstić information content (AvgIpc) is 2.92. The molecule has 18 heavy (non-hydrogen) atoms. The van der Waals surface area contributed by atoms with Crippen LogP contribution < -0.4 is 0 Å². The van der Waals surface area contributed by atoms with Crippen molar-refractivity contribution >= 4 is 0 Å². The minimum absolute atomic E-state index is 0.260. The second kappa shape index (κ2) is 3.98. The van der Waals surface area contributed by atoms with E-state index in [1.807, 2.05) is 12.5 Å². The van der Waals surface area contributed by atoms with Crippen LogP contribution in [0.15, 0.2) is 36.8 Å². The van der Waals surface area contributed by atoms with E-state index in [-0.39, 0.29) is 5.41 Å². The second-order valence-electron chi connectivity index (χ2n) is 5.84. The van der Waals surface area contributed by atoms with E-state index in [1.54, 1.807) is 0 Å². The molecule has 1 aliphatic carbocycles. The first-order valence-corrected chi connectivity index (χ1v) is 6.73. The molecule has 0 radical (unpaired) electrons. The van der Waals surface area contributed by atoms with E-state index in [9.17, 15) is 0 Å². The van der Waals surface area contributed by atoms with Crippen molar-refractivity contribution in [3.63, 3.8) is 0 Å². The molecule has 0 unspecified atom stereocenters. The van der Waals surface area contributed by atoms with Gasteiger partial charge in [-0.25, -0.2) is 4.98 Å². The third kappa shape index (κ3) is 1.59. The molecule has 0 amide bonds. The van der Waals surface area contributed by atoms with E-state index in [4.69, 9.17) is 0 Å². The molecule has 2 heteroatoms. The van der Waals surface area contributed by atoms with Crippen LogP contribution in [-0.4, -0.2) is 9.55 Å². The van der Waals surface area contributed by atoms with Crippen LogP contribution in [-0.2, 0) is 11.8 Å². The number of hydrogen-bond donors (Lipinski definition) is 0. The highest BCUT2D eigenvalue weighted by atomic mass is 15.1. The van der Waals surface area contributed by atoms with E-state index in [0.717, 1.165) is 12.8 Å². The van der Waals surface area contributed by atoms with Gasteiger partial charge in [-0.15, -0.1) is 0 Å². The Morgan fingerprint density at radius 1 is 1.33 bits per heavy atom. The van der Waals surface area contributed by atoms with Gasteiger partial charge in [0.2, 0.25) is 0 Å². The minimum atomic E-state index is 0.260. The van der Waals surface area contributed by atoms with Crippen LogP contribution in [0.4, 0.5) is 0 Å². The van der Waals surface area contributed by atoms with Crippen molar-refractivity contribution in [2.75, 3.05) is 0 Å². The van der Waals surface area contributed by atoms with Gasteiger partial charge in [-0.05, 0) is 29.4 Å². The predicted molar refractivity (Wildman–Crippen MR) is 73.8 cm³/mol. The molecular weight excluding hydrogens is 220 g/mol. The van der Waals surface area contributed by atoms with Crippen LogP contribution >= 0.6 is 0 Å². The Kier molecular flexibility index (Phi) is 2.54. The van der Waals surface area contributed by atoms with Gasteiger partial charge in [0.05, 0.1) is 12.4 Å². The van der Waals surface area contributed by atoms with E-state index in [0.29, 0.717) is 6.04 Å². The molecule has 1 aromatic heterocycles. The summed E-state index contributed by atoms with van der Waals surface area (Å²) < 4.78 is 2.35. The van der Waals surface area contributed by atoms with Gasteiger partial charge in [-0.3, -0.25) is 0 Å². The summed E-state index contributed by atoms with van der Waals surface area (Å²) in [5, 5.41) is 0. The van der Waals surface area contributed by atoms with Crippen LogP contribution in [0.2, 0.25) is 0 Å². The first-order chi connectivity index (χ1) is 8.63. The zero-order chi connectivity index (χ0) is 12.8. The molecule has 3 rings (SSSR count). The van der Waals surface area contributed by atoms with Gasteiger partial charge in [-0.1, -0.05) is 45.0 Å². The zero-order valence-electron chi connectivity index (χ0n) is 11.4. The fourth-order valence-electron chi connectivity index (χ4n) is 3.24. The van der Waals surface area contributed by atoms with Gasteiger partial charge < -0.3 is 4.57 Å². The predicted octanol–water partition coefficient (Wildman–Crippen LogP) is 3.72. The molecule has 0 fully saturated rings. The Morgan fingerprint density at radius 2 is 2.11 bits per heavy atom. The van der Waals surface area contributed by atoms with Gasteiger partial charge in [0, 0.05) is 11.9 Å². The van der Waals surface area contributed by atoms with Crippen molar-refractivity contribution in [3.05, 3.63) is 53.6 Å². The smallest absolute Gasteiger partial charge is 0.0953 e. The maximum atomic E-state index is 4.32. The maximum absolute atomic E-state index is 4.32. The molecule has 0 saturated carbocycles. The van der Waals surface area contributed by atoms with Crippen LogP contribution in [0.1, 0.15) is 50.1 Å². The Balaban J connectivity index is 2.12. The third-order valence-corrected chi connectivity index (χ3v) is 4.20. The fraction of sp³-hybridized carbons (Fsp3) is 0.438. The molecule has 1 aliphatic rings. The van der Waals surface area contributed by atoms with Crippen molar-refractivity contribution in [2.45, 2.75) is 45.1 Å². The summed E-state index contributed by atoms with van der Waals surface area (Å²) in [4.78, 5) is 4.32. The van der Waals surface area contributed by atoms with Gasteiger partial charge >= 0.3 is 0 Å². The molecule has 2 aromatic rings. The van der Waals surface area contributed by atoms with E-state index < -0.39 is 0 Å². The Hall–Kier alpha value is -1.57. The minimum Gasteiger partial charge on any atom is -0.327 e. The van der Waals surface area contributed by atoms with Gasteiger partial charge in [0.15, 0.2) is 0 Å². The lowest BCUT2D eigenvalue weighted by Gasteiger charge is -2.20. The molecular formula is C16H20N2. The van der Waals surface area contributed by atoms with Crippen LogP contribution in [0.5, 0.6) is 0 Å². The standard InChI is InChI=1S/C16H20N2/c1-4-12-10-17-11-18(12)15-9-16(2,3)14-8-6-5-7-13(14)15/h5-8,10-11,15H,4,9H2,1-3H3/t15-/m1/s1. The lowest BCUT2D eigenvalue weighted by atomic mass is 9.86. The average molecular weight is 240 g/mol. The second-order valence-corrected chi connectivity index (χ2v) is 5.84. The summed E-state index contributed by atoms with van der Waals surface area (Å²) in [7, 11) is 0. The fourth-order valence-corrected chi connectivity index (χ4v) is 3.24. The van der Waals surface area contributed by atoms with Crippen molar-refractivity contribution < 1.29 is 0 Å². The summed E-state index contributed by atoms with van der Waals surface area (Å²) in [6, 6.07) is 9.30. The summed E-state index contributed by atoms with van der Waals surface area (Å²) in [6.45, 7) is 6.88. The lowest BCUT2D eigenvalue weighted by molar-refractivity contribution is 0.437. The van der Waals surface area contributed by atoms with Crippen LogP contribution in [0.3, 0.4) is 0 Å². The lowest BCUT2D eigenvalue weighted by Crippen LogP contribution is -2.15. The molecule has 1 aromatic carbocycles. The number of imidazole rings is 1. The summed E-state index contributed by atoms with van der Waals surface area (Å²) in [5.74, 6) is 0. The Morgan fingerprint density at radius 3 is 2.89 bits per heavy atom. The first kappa shape index (κ1) is 11.5. The Labute approximate surface area is 109 Å². The Bertz CT molecular complexity index is 566. The maximum Gasteiger partial charge on any atom is 0.0953 e. The largest absolute Gasteiger partial charge is 0.327 e. The summed E-state index contributed by atoms with van der Waals surface area (Å²) >= 11 is 0. The monoisotopic (exact) mass is 240 g/mol. The molecule has 2 nitrogen and oxygen atoms in total. The number of aryl methyl sites for hydroxylation is 1. The molecule has 0 N–H and O–H groups in total. The van der Waals surface area contributed by atoms with Crippen LogP contribution in [0, 0.1) is 0 Å². The highest BCUT2D eigenvalue weighted by Gasteiger charge is 2.37. The number of fused-ring (bicyclic) bond motifs is 1. The normalized spacial score (nSPS) is 20.9. The molecule has 94 valence electrons. The topological polar surface area (TPSA) is 17.8 Å². The molecule has 0 bridgehead atoms. The zero-order valence-corrected chi connectivity index (χ0v) is 11.4. The highest BCUT2D eigenvalue weighted by Crippen LogP contribution is 2.46. The number of aromatic nitrogens is 2. The molecule has 1 heterocycles. The van der Waals surface area contributed by atoms with Crippen molar-refractivity contribution in [1.82, 2.24) is 9.55 Å². The summed E-state index contributed by atoms with van der Waals surface area (Å²) in [6.07, 6.45) is 6.18. The van der Waals surface area contributed by atoms with E-state index in [1.165, 1.54) is 16.8 Å². The van der Waals surface area contributed by atoms with Crippen molar-refractivity contribution in [1.29, 1.82) is 0 Å². The molecule has 1 atom stereocenters. The third-order valence-electron chi connectivity index (χ3n) is 4.20. The van der Waals surface area contributed by atoms with Gasteiger partial charge in [0.25, 0.3) is 0 Å². The molecule has 0 spiro atoms. The number of nitrogens with zero attached hydrogens (tertiary/aromatic N) is 2. The molecule has 0 aliphatic heterocycles. The number of hydrogen-bond acceptors (Lipinski definition) is 1. The van der Waals surface area contributed by atoms with Crippen molar-refractivity contribution in [2.24, 2.45) is 0 Å². The van der Waals surface area contributed by atoms with E-state index >= 15 is 0 Å². The summed E-state index contributed by atoms with van der Waals surface area (Å²) in [5.41, 5.74) is 4.55. The quantitative estimate of drug-likeness (QED) is 0.782.